The van der Waals surface area contributed by atoms with Crippen LogP contribution in [0, 0.1) is 0 Å². The number of benzene rings is 1. The maximum absolute atomic E-state index is 5.61. The van der Waals surface area contributed by atoms with E-state index in [1.54, 1.807) is 11.3 Å². The van der Waals surface area contributed by atoms with Crippen LogP contribution in [0.25, 0.3) is 10.6 Å². The molecule has 90 valence electrons. The van der Waals surface area contributed by atoms with Crippen molar-refractivity contribution in [1.82, 2.24) is 4.98 Å². The number of aromatic nitrogens is 1. The van der Waals surface area contributed by atoms with Crippen molar-refractivity contribution in [3.05, 3.63) is 33.7 Å². The molecule has 2 N–H and O–H groups in total. The normalized spacial score (nSPS) is 10.5. The summed E-state index contributed by atoms with van der Waals surface area (Å²) in [6, 6.07) is 7.93. The van der Waals surface area contributed by atoms with Crippen LogP contribution in [0.15, 0.2) is 28.1 Å². The molecule has 1 aromatic heterocycles. The number of hydrogen-bond donors (Lipinski definition) is 1. The first-order valence-corrected chi connectivity index (χ1v) is 6.94. The van der Waals surface area contributed by atoms with E-state index in [4.69, 9.17) is 10.5 Å². The Morgan fingerprint density at radius 2 is 2.29 bits per heavy atom. The molecule has 0 aliphatic carbocycles. The van der Waals surface area contributed by atoms with Gasteiger partial charge in [0.25, 0.3) is 0 Å². The summed E-state index contributed by atoms with van der Waals surface area (Å²) in [7, 11) is 0. The molecule has 0 fully saturated rings. The molecule has 0 radical (unpaired) electrons. The highest BCUT2D eigenvalue weighted by Crippen LogP contribution is 2.33. The minimum Gasteiger partial charge on any atom is -0.494 e. The molecule has 0 saturated carbocycles. The van der Waals surface area contributed by atoms with E-state index >= 15 is 0 Å². The van der Waals surface area contributed by atoms with Gasteiger partial charge in [-0.1, -0.05) is 12.1 Å². The topological polar surface area (TPSA) is 48.1 Å². The van der Waals surface area contributed by atoms with Gasteiger partial charge in [-0.25, -0.2) is 4.98 Å². The summed E-state index contributed by atoms with van der Waals surface area (Å²) in [4.78, 5) is 4.49. The standard InChI is InChI=1S/C12H13BrN2OS/c1-2-16-9-5-3-4-8(6-9)12-15-10(7-14)11(13)17-12/h3-6H,2,7,14H2,1H3. The van der Waals surface area contributed by atoms with E-state index in [-0.39, 0.29) is 0 Å². The predicted octanol–water partition coefficient (Wildman–Crippen LogP) is 3.43. The van der Waals surface area contributed by atoms with Crippen molar-refractivity contribution in [1.29, 1.82) is 0 Å². The second kappa shape index (κ2) is 5.62. The minimum absolute atomic E-state index is 0.447. The van der Waals surface area contributed by atoms with Crippen LogP contribution in [0.4, 0.5) is 0 Å². The molecular weight excluding hydrogens is 300 g/mol. The fourth-order valence-electron chi connectivity index (χ4n) is 1.47. The Labute approximate surface area is 113 Å². The fraction of sp³-hybridized carbons (Fsp3) is 0.250. The third-order valence-corrected chi connectivity index (χ3v) is 4.11. The molecule has 2 rings (SSSR count). The number of halogens is 1. The lowest BCUT2D eigenvalue weighted by Crippen LogP contribution is -1.96. The van der Waals surface area contributed by atoms with E-state index in [1.807, 2.05) is 31.2 Å². The van der Waals surface area contributed by atoms with Crippen molar-refractivity contribution in [2.45, 2.75) is 13.5 Å². The van der Waals surface area contributed by atoms with Gasteiger partial charge >= 0.3 is 0 Å². The van der Waals surface area contributed by atoms with Gasteiger partial charge in [-0.2, -0.15) is 0 Å². The van der Waals surface area contributed by atoms with Gasteiger partial charge in [-0.05, 0) is 35.0 Å². The van der Waals surface area contributed by atoms with Crippen molar-refractivity contribution in [2.24, 2.45) is 5.73 Å². The lowest BCUT2D eigenvalue weighted by atomic mass is 10.2. The zero-order valence-electron chi connectivity index (χ0n) is 9.44. The van der Waals surface area contributed by atoms with Crippen LogP contribution >= 0.6 is 27.3 Å². The molecular formula is C12H13BrN2OS. The maximum atomic E-state index is 5.61. The van der Waals surface area contributed by atoms with E-state index in [9.17, 15) is 0 Å². The highest BCUT2D eigenvalue weighted by atomic mass is 79.9. The Kier molecular flexibility index (Phi) is 4.15. The highest BCUT2D eigenvalue weighted by molar-refractivity contribution is 9.11. The molecule has 2 aromatic rings. The molecule has 3 nitrogen and oxygen atoms in total. The third-order valence-electron chi connectivity index (χ3n) is 2.24. The van der Waals surface area contributed by atoms with Gasteiger partial charge < -0.3 is 10.5 Å². The van der Waals surface area contributed by atoms with Crippen LogP contribution in [0.3, 0.4) is 0 Å². The summed E-state index contributed by atoms with van der Waals surface area (Å²) >= 11 is 5.06. The Hall–Kier alpha value is -0.910. The first kappa shape index (κ1) is 12.5. The van der Waals surface area contributed by atoms with Crippen molar-refractivity contribution in [3.63, 3.8) is 0 Å². The van der Waals surface area contributed by atoms with Crippen LogP contribution in [0.5, 0.6) is 5.75 Å². The van der Waals surface area contributed by atoms with Crippen molar-refractivity contribution < 1.29 is 4.74 Å². The molecule has 0 saturated heterocycles. The van der Waals surface area contributed by atoms with Crippen LogP contribution < -0.4 is 10.5 Å². The van der Waals surface area contributed by atoms with Crippen molar-refractivity contribution >= 4 is 27.3 Å². The van der Waals surface area contributed by atoms with Crippen molar-refractivity contribution in [2.75, 3.05) is 6.61 Å². The monoisotopic (exact) mass is 312 g/mol. The average Bonchev–Trinajstić information content (AvgIpc) is 2.71. The summed E-state index contributed by atoms with van der Waals surface area (Å²) in [5, 5.41) is 0.957. The first-order valence-electron chi connectivity index (χ1n) is 5.33. The Morgan fingerprint density at radius 3 is 2.94 bits per heavy atom. The van der Waals surface area contributed by atoms with E-state index in [1.165, 1.54) is 0 Å². The zero-order valence-corrected chi connectivity index (χ0v) is 11.8. The smallest absolute Gasteiger partial charge is 0.124 e. The molecule has 1 heterocycles. The van der Waals surface area contributed by atoms with Crippen LogP contribution in [0.1, 0.15) is 12.6 Å². The second-order valence-electron chi connectivity index (χ2n) is 3.40. The van der Waals surface area contributed by atoms with Crippen LogP contribution in [0.2, 0.25) is 0 Å². The SMILES string of the molecule is CCOc1cccc(-c2nc(CN)c(Br)s2)c1. The summed E-state index contributed by atoms with van der Waals surface area (Å²) in [6.45, 7) is 3.08. The molecule has 0 atom stereocenters. The third kappa shape index (κ3) is 2.86. The van der Waals surface area contributed by atoms with Crippen molar-refractivity contribution in [3.8, 4) is 16.3 Å². The number of nitrogens with zero attached hydrogens (tertiary/aromatic N) is 1. The molecule has 0 aliphatic rings. The van der Waals surface area contributed by atoms with Crippen LogP contribution in [-0.4, -0.2) is 11.6 Å². The maximum Gasteiger partial charge on any atom is 0.124 e. The summed E-state index contributed by atoms with van der Waals surface area (Å²) in [5.41, 5.74) is 7.56. The molecule has 0 unspecified atom stereocenters. The first-order chi connectivity index (χ1) is 8.24. The van der Waals surface area contributed by atoms with Crippen LogP contribution in [-0.2, 0) is 6.54 Å². The second-order valence-corrected chi connectivity index (χ2v) is 5.72. The van der Waals surface area contributed by atoms with Gasteiger partial charge in [-0.3, -0.25) is 0 Å². The molecule has 0 amide bonds. The Bertz CT molecular complexity index is 513. The predicted molar refractivity (Wildman–Crippen MR) is 74.3 cm³/mol. The summed E-state index contributed by atoms with van der Waals surface area (Å²) < 4.78 is 6.47. The van der Waals surface area contributed by atoms with Gasteiger partial charge in [0.1, 0.15) is 10.8 Å². The number of nitrogens with two attached hydrogens (primary N) is 1. The molecule has 1 aromatic carbocycles. The van der Waals surface area contributed by atoms with E-state index in [0.29, 0.717) is 13.2 Å². The average molecular weight is 313 g/mol. The molecule has 0 aliphatic heterocycles. The fourth-order valence-corrected chi connectivity index (χ4v) is 3.00. The molecule has 0 bridgehead atoms. The van der Waals surface area contributed by atoms with Gasteiger partial charge in [0.05, 0.1) is 16.1 Å². The minimum atomic E-state index is 0.447. The lowest BCUT2D eigenvalue weighted by Gasteiger charge is -2.03. The van der Waals surface area contributed by atoms with Gasteiger partial charge in [0.2, 0.25) is 0 Å². The highest BCUT2D eigenvalue weighted by Gasteiger charge is 2.09. The molecule has 0 spiro atoms. The molecule has 5 heteroatoms. The van der Waals surface area contributed by atoms with E-state index in [2.05, 4.69) is 20.9 Å². The zero-order chi connectivity index (χ0) is 12.3. The number of thiazole rings is 1. The number of ether oxygens (including phenoxy) is 1. The molecule has 17 heavy (non-hydrogen) atoms. The number of hydrogen-bond acceptors (Lipinski definition) is 4. The summed E-state index contributed by atoms with van der Waals surface area (Å²) in [6.07, 6.45) is 0. The van der Waals surface area contributed by atoms with Gasteiger partial charge in [-0.15, -0.1) is 11.3 Å². The quantitative estimate of drug-likeness (QED) is 0.941. The van der Waals surface area contributed by atoms with E-state index in [0.717, 1.165) is 25.8 Å². The Morgan fingerprint density at radius 1 is 1.47 bits per heavy atom. The van der Waals surface area contributed by atoms with Gasteiger partial charge in [0, 0.05) is 12.1 Å². The lowest BCUT2D eigenvalue weighted by molar-refractivity contribution is 0.340. The summed E-state index contributed by atoms with van der Waals surface area (Å²) in [5.74, 6) is 0.866. The van der Waals surface area contributed by atoms with E-state index < -0.39 is 0 Å². The Balaban J connectivity index is 2.34. The van der Waals surface area contributed by atoms with Gasteiger partial charge in [0.15, 0.2) is 0 Å². The number of rotatable bonds is 4. The largest absolute Gasteiger partial charge is 0.494 e.